The molecule has 0 aliphatic heterocycles. The van der Waals surface area contributed by atoms with Gasteiger partial charge in [0.05, 0.1) is 12.2 Å². The lowest BCUT2D eigenvalue weighted by Crippen LogP contribution is -2.16. The minimum absolute atomic E-state index is 0.103. The van der Waals surface area contributed by atoms with Gasteiger partial charge in [-0.15, -0.1) is 11.3 Å². The van der Waals surface area contributed by atoms with Crippen molar-refractivity contribution in [3.63, 3.8) is 0 Å². The zero-order valence-electron chi connectivity index (χ0n) is 22.0. The standard InChI is InChI=1S/C32H27ClN2O4S/c1-2-38-32(37)29-25-9-5-6-10-28(25)40-31(29)35-30(36)22(18-34)17-26-24-8-4-3-7-21(24)13-16-27(26)39-19-20-11-14-23(33)15-12-20/h3-4,7-8,11-17H,2,5-6,9-10,19H2,1H3,(H,35,36). The molecular formula is C32H27ClN2O4S. The number of nitrogens with zero attached hydrogens (tertiary/aromatic N) is 1. The molecule has 5 rings (SSSR count). The zero-order chi connectivity index (χ0) is 28.1. The molecule has 6 nitrogen and oxygen atoms in total. The van der Waals surface area contributed by atoms with Crippen molar-refractivity contribution in [3.8, 4) is 11.8 Å². The number of thiophene rings is 1. The number of nitriles is 1. The maximum Gasteiger partial charge on any atom is 0.341 e. The fraction of sp³-hybridized carbons (Fsp3) is 0.219. The van der Waals surface area contributed by atoms with Gasteiger partial charge >= 0.3 is 5.97 Å². The lowest BCUT2D eigenvalue weighted by atomic mass is 9.95. The number of rotatable bonds is 8. The van der Waals surface area contributed by atoms with E-state index in [1.165, 1.54) is 11.3 Å². The average Bonchev–Trinajstić information content (AvgIpc) is 3.33. The number of fused-ring (bicyclic) bond motifs is 2. The number of ether oxygens (including phenoxy) is 2. The topological polar surface area (TPSA) is 88.4 Å². The molecule has 1 N–H and O–H groups in total. The Morgan fingerprint density at radius 3 is 2.62 bits per heavy atom. The molecule has 0 saturated heterocycles. The van der Waals surface area contributed by atoms with Crippen molar-refractivity contribution >= 4 is 56.7 Å². The summed E-state index contributed by atoms with van der Waals surface area (Å²) in [6, 6.07) is 20.9. The summed E-state index contributed by atoms with van der Waals surface area (Å²) in [5, 5.41) is 15.7. The number of hydrogen-bond acceptors (Lipinski definition) is 6. The van der Waals surface area contributed by atoms with Crippen LogP contribution < -0.4 is 10.1 Å². The Bertz CT molecular complexity index is 1650. The van der Waals surface area contributed by atoms with Gasteiger partial charge in [0.25, 0.3) is 5.91 Å². The molecule has 40 heavy (non-hydrogen) atoms. The molecule has 1 heterocycles. The van der Waals surface area contributed by atoms with Gasteiger partial charge in [0, 0.05) is 15.5 Å². The Hall–Kier alpha value is -4.12. The van der Waals surface area contributed by atoms with Crippen LogP contribution in [0.1, 0.15) is 51.7 Å². The van der Waals surface area contributed by atoms with Gasteiger partial charge in [-0.2, -0.15) is 5.26 Å². The summed E-state index contributed by atoms with van der Waals surface area (Å²) in [6.45, 7) is 2.27. The monoisotopic (exact) mass is 570 g/mol. The van der Waals surface area contributed by atoms with Crippen LogP contribution in [0.15, 0.2) is 66.2 Å². The summed E-state index contributed by atoms with van der Waals surface area (Å²) in [4.78, 5) is 27.4. The van der Waals surface area contributed by atoms with E-state index in [9.17, 15) is 14.9 Å². The van der Waals surface area contributed by atoms with Gasteiger partial charge in [-0.3, -0.25) is 4.79 Å². The number of esters is 1. The van der Waals surface area contributed by atoms with Gasteiger partial charge in [-0.25, -0.2) is 4.79 Å². The van der Waals surface area contributed by atoms with Gasteiger partial charge in [-0.1, -0.05) is 54.1 Å². The molecule has 0 spiro atoms. The summed E-state index contributed by atoms with van der Waals surface area (Å²) >= 11 is 7.40. The predicted octanol–water partition coefficient (Wildman–Crippen LogP) is 7.73. The first-order valence-electron chi connectivity index (χ1n) is 13.1. The minimum atomic E-state index is -0.594. The molecule has 0 bridgehead atoms. The van der Waals surface area contributed by atoms with Crippen LogP contribution in [0.3, 0.4) is 0 Å². The average molecular weight is 571 g/mol. The number of halogens is 1. The van der Waals surface area contributed by atoms with E-state index < -0.39 is 11.9 Å². The molecule has 0 radical (unpaired) electrons. The second-order valence-electron chi connectivity index (χ2n) is 9.37. The van der Waals surface area contributed by atoms with Crippen molar-refractivity contribution < 1.29 is 19.1 Å². The summed E-state index contributed by atoms with van der Waals surface area (Å²) in [5.41, 5.74) is 2.80. The van der Waals surface area contributed by atoms with Crippen LogP contribution in [0.4, 0.5) is 5.00 Å². The smallest absolute Gasteiger partial charge is 0.341 e. The summed E-state index contributed by atoms with van der Waals surface area (Å²) in [5.74, 6) is -0.511. The first-order chi connectivity index (χ1) is 19.5. The number of anilines is 1. The predicted molar refractivity (Wildman–Crippen MR) is 159 cm³/mol. The van der Waals surface area contributed by atoms with E-state index in [1.807, 2.05) is 54.6 Å². The van der Waals surface area contributed by atoms with E-state index in [1.54, 1.807) is 25.1 Å². The number of amides is 1. The van der Waals surface area contributed by atoms with Gasteiger partial charge in [0.2, 0.25) is 0 Å². The largest absolute Gasteiger partial charge is 0.488 e. The SMILES string of the molecule is CCOC(=O)c1c(NC(=O)C(C#N)=Cc2c(OCc3ccc(Cl)cc3)ccc3ccccc23)sc2c1CCCC2. The maximum absolute atomic E-state index is 13.5. The van der Waals surface area contributed by atoms with Gasteiger partial charge in [0.15, 0.2) is 0 Å². The molecule has 0 saturated carbocycles. The third-order valence-electron chi connectivity index (χ3n) is 6.77. The fourth-order valence-corrected chi connectivity index (χ4v) is 6.23. The van der Waals surface area contributed by atoms with Crippen molar-refractivity contribution in [2.24, 2.45) is 0 Å². The minimum Gasteiger partial charge on any atom is -0.488 e. The van der Waals surface area contributed by atoms with Crippen LogP contribution in [-0.2, 0) is 29.0 Å². The first kappa shape index (κ1) is 27.4. The first-order valence-corrected chi connectivity index (χ1v) is 14.3. The van der Waals surface area contributed by atoms with E-state index in [4.69, 9.17) is 21.1 Å². The highest BCUT2D eigenvalue weighted by molar-refractivity contribution is 7.17. The highest BCUT2D eigenvalue weighted by atomic mass is 35.5. The van der Waals surface area contributed by atoms with Crippen LogP contribution in [0.25, 0.3) is 16.8 Å². The van der Waals surface area contributed by atoms with Crippen LogP contribution in [0, 0.1) is 11.3 Å². The molecule has 8 heteroatoms. The third-order valence-corrected chi connectivity index (χ3v) is 8.23. The third kappa shape index (κ3) is 5.89. The fourth-order valence-electron chi connectivity index (χ4n) is 4.83. The highest BCUT2D eigenvalue weighted by Crippen LogP contribution is 2.39. The number of nitrogens with one attached hydrogen (secondary N) is 1. The zero-order valence-corrected chi connectivity index (χ0v) is 23.5. The maximum atomic E-state index is 13.5. The Labute approximate surface area is 241 Å². The Balaban J connectivity index is 1.49. The second kappa shape index (κ2) is 12.4. The molecule has 4 aromatic rings. The van der Waals surface area contributed by atoms with E-state index in [0.29, 0.717) is 26.9 Å². The molecule has 1 aliphatic carbocycles. The van der Waals surface area contributed by atoms with Gasteiger partial charge in [-0.05, 0) is 78.8 Å². The molecule has 1 amide bonds. The van der Waals surface area contributed by atoms with E-state index in [-0.39, 0.29) is 18.8 Å². The Morgan fingerprint density at radius 2 is 1.85 bits per heavy atom. The summed E-state index contributed by atoms with van der Waals surface area (Å²) in [6.07, 6.45) is 5.18. The molecular weight excluding hydrogens is 544 g/mol. The molecule has 202 valence electrons. The van der Waals surface area contributed by atoms with Crippen LogP contribution in [-0.4, -0.2) is 18.5 Å². The number of carbonyl (C=O) groups excluding carboxylic acids is 2. The molecule has 1 aromatic heterocycles. The summed E-state index contributed by atoms with van der Waals surface area (Å²) < 4.78 is 11.5. The normalized spacial score (nSPS) is 12.9. The van der Waals surface area contributed by atoms with Gasteiger partial charge < -0.3 is 14.8 Å². The van der Waals surface area contributed by atoms with E-state index in [0.717, 1.165) is 52.5 Å². The van der Waals surface area contributed by atoms with Crippen LogP contribution in [0.2, 0.25) is 5.02 Å². The van der Waals surface area contributed by atoms with Crippen molar-refractivity contribution in [1.29, 1.82) is 5.26 Å². The molecule has 0 unspecified atom stereocenters. The molecule has 1 aliphatic rings. The van der Waals surface area contributed by atoms with Crippen LogP contribution >= 0.6 is 22.9 Å². The lowest BCUT2D eigenvalue weighted by Gasteiger charge is -2.13. The lowest BCUT2D eigenvalue weighted by molar-refractivity contribution is -0.112. The van der Waals surface area contributed by atoms with Crippen molar-refractivity contribution in [2.75, 3.05) is 11.9 Å². The number of hydrogen-bond donors (Lipinski definition) is 1. The number of benzene rings is 3. The van der Waals surface area contributed by atoms with Crippen molar-refractivity contribution in [2.45, 2.75) is 39.2 Å². The molecule has 0 atom stereocenters. The number of carbonyl (C=O) groups is 2. The van der Waals surface area contributed by atoms with Crippen LogP contribution in [0.5, 0.6) is 5.75 Å². The highest BCUT2D eigenvalue weighted by Gasteiger charge is 2.28. The van der Waals surface area contributed by atoms with E-state index in [2.05, 4.69) is 5.32 Å². The summed E-state index contributed by atoms with van der Waals surface area (Å²) in [7, 11) is 0. The van der Waals surface area contributed by atoms with Gasteiger partial charge in [0.1, 0.15) is 29.0 Å². The van der Waals surface area contributed by atoms with Crippen molar-refractivity contribution in [3.05, 3.63) is 98.4 Å². The van der Waals surface area contributed by atoms with E-state index >= 15 is 0 Å². The Morgan fingerprint density at radius 1 is 1.07 bits per heavy atom. The molecule has 0 fully saturated rings. The molecule has 3 aromatic carbocycles. The second-order valence-corrected chi connectivity index (χ2v) is 10.9. The number of aryl methyl sites for hydroxylation is 1. The van der Waals surface area contributed by atoms with Crippen molar-refractivity contribution in [1.82, 2.24) is 0 Å². The quantitative estimate of drug-likeness (QED) is 0.133. The Kier molecular flexibility index (Phi) is 8.49.